The number of amides is 3. The minimum atomic E-state index is -4.05. The Kier molecular flexibility index (Phi) is 6.63. The molecule has 9 heteroatoms. The molecule has 1 unspecified atom stereocenters. The Morgan fingerprint density at radius 2 is 1.66 bits per heavy atom. The van der Waals surface area contributed by atoms with Gasteiger partial charge in [-0.1, -0.05) is 12.1 Å². The van der Waals surface area contributed by atoms with Crippen LogP contribution in [-0.2, 0) is 16.1 Å². The molecule has 3 aliphatic heterocycles. The molecule has 4 aliphatic rings. The van der Waals surface area contributed by atoms with Crippen molar-refractivity contribution in [1.29, 1.82) is 0 Å². The van der Waals surface area contributed by atoms with Crippen LogP contribution < -0.4 is 5.32 Å². The van der Waals surface area contributed by atoms with Crippen LogP contribution in [0.4, 0.5) is 13.2 Å². The quantitative estimate of drug-likeness (QED) is 0.647. The third-order valence-electron chi connectivity index (χ3n) is 8.43. The Hall–Kier alpha value is -2.42. The molecule has 2 saturated heterocycles. The SMILES string of the molecule is O=C1CCC(N2Cc3cc(C4CCN(C[C@H]5CC[C@H](C(F)(F)F)CC5)CC4)ccc3C2=O)C(=O)N1. The summed E-state index contributed by atoms with van der Waals surface area (Å²) in [6.07, 6.45) is 0.352. The molecule has 5 rings (SSSR count). The highest BCUT2D eigenvalue weighted by molar-refractivity contribution is 6.05. The highest BCUT2D eigenvalue weighted by atomic mass is 19.4. The number of hydrogen-bond acceptors (Lipinski definition) is 4. The number of halogens is 3. The molecule has 1 aromatic rings. The topological polar surface area (TPSA) is 69.7 Å². The van der Waals surface area contributed by atoms with Crippen LogP contribution in [0, 0.1) is 11.8 Å². The van der Waals surface area contributed by atoms with Gasteiger partial charge in [0, 0.05) is 25.1 Å². The second-order valence-corrected chi connectivity index (χ2v) is 10.7. The molecule has 1 aromatic carbocycles. The highest BCUT2D eigenvalue weighted by Gasteiger charge is 2.42. The minimum Gasteiger partial charge on any atom is -0.322 e. The summed E-state index contributed by atoms with van der Waals surface area (Å²) in [6, 6.07) is 5.37. The second-order valence-electron chi connectivity index (χ2n) is 10.7. The van der Waals surface area contributed by atoms with Gasteiger partial charge in [0.15, 0.2) is 0 Å². The Morgan fingerprint density at radius 3 is 2.31 bits per heavy atom. The zero-order chi connectivity index (χ0) is 24.7. The molecule has 3 amide bonds. The predicted octanol–water partition coefficient (Wildman–Crippen LogP) is 4.00. The fourth-order valence-electron chi connectivity index (χ4n) is 6.33. The molecule has 0 radical (unpaired) electrons. The Morgan fingerprint density at radius 1 is 0.943 bits per heavy atom. The number of benzene rings is 1. The molecule has 35 heavy (non-hydrogen) atoms. The normalized spacial score (nSPS) is 28.8. The maximum atomic E-state index is 12.9. The van der Waals surface area contributed by atoms with Crippen LogP contribution in [0.2, 0.25) is 0 Å². The van der Waals surface area contributed by atoms with E-state index < -0.39 is 24.0 Å². The number of hydrogen-bond donors (Lipinski definition) is 1. The van der Waals surface area contributed by atoms with Gasteiger partial charge in [-0.15, -0.1) is 0 Å². The van der Waals surface area contributed by atoms with Crippen LogP contribution in [0.25, 0.3) is 0 Å². The summed E-state index contributed by atoms with van der Waals surface area (Å²) in [5.74, 6) is -1.23. The molecule has 0 aromatic heterocycles. The van der Waals surface area contributed by atoms with E-state index in [-0.39, 0.29) is 31.1 Å². The van der Waals surface area contributed by atoms with E-state index in [1.807, 2.05) is 12.1 Å². The van der Waals surface area contributed by atoms with Crippen LogP contribution >= 0.6 is 0 Å². The van der Waals surface area contributed by atoms with Gasteiger partial charge in [-0.05, 0) is 87.1 Å². The van der Waals surface area contributed by atoms with Gasteiger partial charge in [0.1, 0.15) is 6.04 Å². The van der Waals surface area contributed by atoms with Gasteiger partial charge in [0.25, 0.3) is 5.91 Å². The number of alkyl halides is 3. The molecule has 0 bridgehead atoms. The smallest absolute Gasteiger partial charge is 0.322 e. The Labute approximate surface area is 203 Å². The van der Waals surface area contributed by atoms with Gasteiger partial charge in [-0.2, -0.15) is 13.2 Å². The van der Waals surface area contributed by atoms with Crippen LogP contribution in [0.5, 0.6) is 0 Å². The third kappa shape index (κ3) is 5.10. The number of carbonyl (C=O) groups is 3. The van der Waals surface area contributed by atoms with Gasteiger partial charge in [0.2, 0.25) is 11.8 Å². The summed E-state index contributed by atoms with van der Waals surface area (Å²) < 4.78 is 38.8. The average molecular weight is 492 g/mol. The number of imide groups is 1. The van der Waals surface area contributed by atoms with Gasteiger partial charge in [0.05, 0.1) is 5.92 Å². The van der Waals surface area contributed by atoms with Crippen molar-refractivity contribution < 1.29 is 27.6 Å². The Bertz CT molecular complexity index is 995. The van der Waals surface area contributed by atoms with E-state index in [0.717, 1.165) is 38.0 Å². The van der Waals surface area contributed by atoms with E-state index in [9.17, 15) is 27.6 Å². The monoisotopic (exact) mass is 491 g/mol. The maximum absolute atomic E-state index is 12.9. The van der Waals surface area contributed by atoms with E-state index in [0.29, 0.717) is 43.2 Å². The van der Waals surface area contributed by atoms with E-state index in [2.05, 4.69) is 16.3 Å². The molecule has 6 nitrogen and oxygen atoms in total. The van der Waals surface area contributed by atoms with E-state index in [1.54, 1.807) is 4.90 Å². The van der Waals surface area contributed by atoms with Crippen molar-refractivity contribution in [3.8, 4) is 0 Å². The van der Waals surface area contributed by atoms with Gasteiger partial charge in [-0.3, -0.25) is 19.7 Å². The van der Waals surface area contributed by atoms with Crippen molar-refractivity contribution in [2.45, 2.75) is 76.0 Å². The van der Waals surface area contributed by atoms with Crippen molar-refractivity contribution in [2.24, 2.45) is 11.8 Å². The average Bonchev–Trinajstić information content (AvgIpc) is 3.15. The third-order valence-corrected chi connectivity index (χ3v) is 8.43. The van der Waals surface area contributed by atoms with Crippen molar-refractivity contribution in [1.82, 2.24) is 15.1 Å². The lowest BCUT2D eigenvalue weighted by Gasteiger charge is -2.37. The summed E-state index contributed by atoms with van der Waals surface area (Å²) in [5.41, 5.74) is 2.76. The molecule has 0 spiro atoms. The Balaban J connectivity index is 1.14. The molecule has 1 atom stereocenters. The van der Waals surface area contributed by atoms with Crippen LogP contribution in [-0.4, -0.2) is 59.4 Å². The van der Waals surface area contributed by atoms with Crippen molar-refractivity contribution in [3.63, 3.8) is 0 Å². The molecule has 3 fully saturated rings. The fraction of sp³-hybridized carbons (Fsp3) is 0.654. The zero-order valence-electron chi connectivity index (χ0n) is 19.8. The number of likely N-dealkylation sites (tertiary alicyclic amines) is 1. The largest absolute Gasteiger partial charge is 0.391 e. The van der Waals surface area contributed by atoms with Crippen molar-refractivity contribution in [3.05, 3.63) is 34.9 Å². The van der Waals surface area contributed by atoms with Crippen molar-refractivity contribution in [2.75, 3.05) is 19.6 Å². The van der Waals surface area contributed by atoms with Gasteiger partial charge >= 0.3 is 6.18 Å². The lowest BCUT2D eigenvalue weighted by Crippen LogP contribution is -2.52. The molecule has 190 valence electrons. The number of piperidine rings is 2. The van der Waals surface area contributed by atoms with Crippen LogP contribution in [0.15, 0.2) is 18.2 Å². The first-order valence-electron chi connectivity index (χ1n) is 12.8. The predicted molar refractivity (Wildman–Crippen MR) is 122 cm³/mol. The lowest BCUT2D eigenvalue weighted by atomic mass is 9.81. The van der Waals surface area contributed by atoms with E-state index >= 15 is 0 Å². The van der Waals surface area contributed by atoms with Crippen LogP contribution in [0.3, 0.4) is 0 Å². The van der Waals surface area contributed by atoms with Crippen molar-refractivity contribution >= 4 is 17.7 Å². The maximum Gasteiger partial charge on any atom is 0.391 e. The number of fused-ring (bicyclic) bond motifs is 1. The second kappa shape index (κ2) is 9.56. The van der Waals surface area contributed by atoms with E-state index in [1.165, 1.54) is 5.56 Å². The number of nitrogens with one attached hydrogen (secondary N) is 1. The van der Waals surface area contributed by atoms with E-state index in [4.69, 9.17) is 0 Å². The zero-order valence-corrected chi connectivity index (χ0v) is 19.8. The van der Waals surface area contributed by atoms with Gasteiger partial charge < -0.3 is 9.80 Å². The fourth-order valence-corrected chi connectivity index (χ4v) is 6.33. The number of nitrogens with zero attached hydrogens (tertiary/aromatic N) is 2. The summed E-state index contributed by atoms with van der Waals surface area (Å²) >= 11 is 0. The summed E-state index contributed by atoms with van der Waals surface area (Å²) in [7, 11) is 0. The van der Waals surface area contributed by atoms with Gasteiger partial charge in [-0.25, -0.2) is 0 Å². The number of rotatable bonds is 4. The minimum absolute atomic E-state index is 0.156. The highest BCUT2D eigenvalue weighted by Crippen LogP contribution is 2.40. The summed E-state index contributed by atoms with van der Waals surface area (Å²) in [6.45, 7) is 3.13. The molecular formula is C26H32F3N3O3. The standard InChI is InChI=1S/C26H32F3N3O3/c27-26(28,29)20-4-1-16(2-5-20)14-31-11-9-17(10-12-31)18-3-6-21-19(13-18)15-32(25(21)35)22-7-8-23(33)30-24(22)34/h3,6,13,16-17,20,22H,1-2,4-5,7-12,14-15H2,(H,30,33,34)/t16-,20-,22?. The molecule has 1 saturated carbocycles. The molecule has 1 aliphatic carbocycles. The first-order chi connectivity index (χ1) is 16.7. The first kappa shape index (κ1) is 24.3. The lowest BCUT2D eigenvalue weighted by molar-refractivity contribution is -0.184. The molecule has 3 heterocycles. The molecular weight excluding hydrogens is 459 g/mol. The summed E-state index contributed by atoms with van der Waals surface area (Å²) in [4.78, 5) is 40.6. The molecule has 1 N–H and O–H groups in total. The first-order valence-corrected chi connectivity index (χ1v) is 12.8. The summed E-state index contributed by atoms with van der Waals surface area (Å²) in [5, 5.41) is 2.33. The number of carbonyl (C=O) groups excluding carboxylic acids is 3. The van der Waals surface area contributed by atoms with Crippen LogP contribution in [0.1, 0.15) is 78.8 Å².